The van der Waals surface area contributed by atoms with E-state index in [1.54, 1.807) is 6.20 Å². The highest BCUT2D eigenvalue weighted by Gasteiger charge is 2.19. The van der Waals surface area contributed by atoms with Gasteiger partial charge in [-0.1, -0.05) is 0 Å². The molecule has 17 heavy (non-hydrogen) atoms. The van der Waals surface area contributed by atoms with E-state index in [1.165, 1.54) is 6.20 Å². The summed E-state index contributed by atoms with van der Waals surface area (Å²) in [4.78, 5) is 10.2. The smallest absolute Gasteiger partial charge is 0.151 e. The van der Waals surface area contributed by atoms with Crippen molar-refractivity contribution >= 4 is 15.7 Å². The van der Waals surface area contributed by atoms with Crippen LogP contribution >= 0.6 is 0 Å². The fourth-order valence-corrected chi connectivity index (χ4v) is 3.13. The third-order valence-corrected chi connectivity index (χ3v) is 4.47. The van der Waals surface area contributed by atoms with Gasteiger partial charge in [0.1, 0.15) is 5.82 Å². The molecule has 6 nitrogen and oxygen atoms in total. The molecular formula is C10H16N4O2S. The van der Waals surface area contributed by atoms with Crippen LogP contribution in [0.2, 0.25) is 0 Å². The number of hydrogen-bond acceptors (Lipinski definition) is 6. The molecule has 7 heteroatoms. The van der Waals surface area contributed by atoms with Gasteiger partial charge in [0.05, 0.1) is 29.6 Å². The first-order valence-corrected chi connectivity index (χ1v) is 7.36. The number of sulfone groups is 1. The molecule has 2 rings (SSSR count). The molecule has 1 saturated heterocycles. The van der Waals surface area contributed by atoms with Crippen LogP contribution in [0.25, 0.3) is 0 Å². The molecule has 0 atom stereocenters. The van der Waals surface area contributed by atoms with E-state index in [1.807, 2.05) is 0 Å². The number of aromatic nitrogens is 2. The quantitative estimate of drug-likeness (QED) is 0.780. The molecule has 0 aliphatic carbocycles. The number of anilines is 1. The molecule has 1 aliphatic rings. The molecule has 0 unspecified atom stereocenters. The number of nitrogens with zero attached hydrogens (tertiary/aromatic N) is 3. The summed E-state index contributed by atoms with van der Waals surface area (Å²) in [6.07, 6.45) is 3.84. The Morgan fingerprint density at radius 2 is 2.06 bits per heavy atom. The predicted octanol–water partition coefficient (Wildman–Crippen LogP) is -0.321. The lowest BCUT2D eigenvalue weighted by Gasteiger charge is -2.18. The summed E-state index contributed by atoms with van der Waals surface area (Å²) in [5.41, 5.74) is 6.27. The Balaban J connectivity index is 1.97. The molecule has 1 aliphatic heterocycles. The summed E-state index contributed by atoms with van der Waals surface area (Å²) in [5, 5.41) is 0. The molecule has 0 spiro atoms. The molecule has 0 radical (unpaired) electrons. The van der Waals surface area contributed by atoms with E-state index in [0.29, 0.717) is 25.3 Å². The molecule has 0 saturated carbocycles. The average Bonchev–Trinajstić information content (AvgIpc) is 2.44. The van der Waals surface area contributed by atoms with E-state index in [2.05, 4.69) is 14.9 Å². The third-order valence-electron chi connectivity index (χ3n) is 2.76. The zero-order chi connectivity index (χ0) is 12.3. The zero-order valence-corrected chi connectivity index (χ0v) is 10.4. The van der Waals surface area contributed by atoms with Crippen LogP contribution in [0.3, 0.4) is 0 Å². The molecule has 1 aromatic heterocycles. The van der Waals surface area contributed by atoms with Gasteiger partial charge in [0.25, 0.3) is 0 Å². The lowest BCUT2D eigenvalue weighted by Crippen LogP contribution is -2.27. The maximum absolute atomic E-state index is 11.4. The summed E-state index contributed by atoms with van der Waals surface area (Å²) in [6, 6.07) is 0. The van der Waals surface area contributed by atoms with E-state index in [4.69, 9.17) is 5.73 Å². The van der Waals surface area contributed by atoms with E-state index < -0.39 is 9.84 Å². The summed E-state index contributed by atoms with van der Waals surface area (Å²) in [6.45, 7) is 1.97. The van der Waals surface area contributed by atoms with Crippen LogP contribution in [0.1, 0.15) is 12.1 Å². The monoisotopic (exact) mass is 256 g/mol. The maximum Gasteiger partial charge on any atom is 0.151 e. The van der Waals surface area contributed by atoms with Crippen LogP contribution in [0, 0.1) is 0 Å². The normalized spacial score (nSPS) is 20.9. The van der Waals surface area contributed by atoms with Crippen molar-refractivity contribution in [2.24, 2.45) is 0 Å². The van der Waals surface area contributed by atoms with Gasteiger partial charge in [0.15, 0.2) is 9.84 Å². The molecule has 2 heterocycles. The van der Waals surface area contributed by atoms with Gasteiger partial charge < -0.3 is 5.73 Å². The Hall–Kier alpha value is -1.21. The van der Waals surface area contributed by atoms with E-state index >= 15 is 0 Å². The number of nitrogens with two attached hydrogens (primary N) is 1. The fourth-order valence-electron chi connectivity index (χ4n) is 1.82. The van der Waals surface area contributed by atoms with Crippen LogP contribution in [0.15, 0.2) is 12.4 Å². The minimum atomic E-state index is -2.85. The van der Waals surface area contributed by atoms with Gasteiger partial charge >= 0.3 is 0 Å². The van der Waals surface area contributed by atoms with Gasteiger partial charge in [-0.3, -0.25) is 9.88 Å². The Kier molecular flexibility index (Phi) is 3.58. The van der Waals surface area contributed by atoms with Crippen molar-refractivity contribution < 1.29 is 8.42 Å². The first-order valence-electron chi connectivity index (χ1n) is 5.54. The van der Waals surface area contributed by atoms with Crippen LogP contribution in [-0.4, -0.2) is 47.9 Å². The van der Waals surface area contributed by atoms with Crippen molar-refractivity contribution in [2.75, 3.05) is 30.3 Å². The highest BCUT2D eigenvalue weighted by atomic mass is 32.2. The van der Waals surface area contributed by atoms with Crippen LogP contribution in [-0.2, 0) is 16.4 Å². The van der Waals surface area contributed by atoms with Crippen molar-refractivity contribution in [2.45, 2.75) is 13.0 Å². The summed E-state index contributed by atoms with van der Waals surface area (Å²) in [5.74, 6) is 0.916. The average molecular weight is 256 g/mol. The van der Waals surface area contributed by atoms with Crippen molar-refractivity contribution in [1.82, 2.24) is 14.9 Å². The second-order valence-electron chi connectivity index (χ2n) is 4.21. The lowest BCUT2D eigenvalue weighted by molar-refractivity contribution is 0.283. The van der Waals surface area contributed by atoms with Crippen LogP contribution < -0.4 is 5.73 Å². The molecule has 0 bridgehead atoms. The van der Waals surface area contributed by atoms with E-state index in [-0.39, 0.29) is 11.5 Å². The number of hydrogen-bond donors (Lipinski definition) is 1. The first kappa shape index (κ1) is 12.3. The van der Waals surface area contributed by atoms with Crippen molar-refractivity contribution in [3.8, 4) is 0 Å². The van der Waals surface area contributed by atoms with Crippen LogP contribution in [0.5, 0.6) is 0 Å². The fraction of sp³-hybridized carbons (Fsp3) is 0.600. The third kappa shape index (κ3) is 3.64. The SMILES string of the molecule is Nc1cnc(CN2CCCS(=O)(=O)CC2)cn1. The number of rotatable bonds is 2. The van der Waals surface area contributed by atoms with E-state index in [0.717, 1.165) is 12.2 Å². The molecule has 0 amide bonds. The minimum absolute atomic E-state index is 0.232. The van der Waals surface area contributed by atoms with Gasteiger partial charge in [0.2, 0.25) is 0 Å². The topological polar surface area (TPSA) is 89.2 Å². The minimum Gasteiger partial charge on any atom is -0.382 e. The largest absolute Gasteiger partial charge is 0.382 e. The second-order valence-corrected chi connectivity index (χ2v) is 6.52. The summed E-state index contributed by atoms with van der Waals surface area (Å²) >= 11 is 0. The van der Waals surface area contributed by atoms with E-state index in [9.17, 15) is 8.42 Å². The predicted molar refractivity (Wildman–Crippen MR) is 65.0 cm³/mol. The molecule has 2 N–H and O–H groups in total. The second kappa shape index (κ2) is 4.97. The van der Waals surface area contributed by atoms with Gasteiger partial charge in [-0.15, -0.1) is 0 Å². The lowest BCUT2D eigenvalue weighted by atomic mass is 10.3. The van der Waals surface area contributed by atoms with Crippen molar-refractivity contribution in [3.05, 3.63) is 18.1 Å². The standard InChI is InChI=1S/C10H16N4O2S/c11-10-7-12-9(6-13-10)8-14-2-1-4-17(15,16)5-3-14/h6-7H,1-5,8H2,(H2,11,13). The van der Waals surface area contributed by atoms with Crippen molar-refractivity contribution in [1.29, 1.82) is 0 Å². The number of nitrogen functional groups attached to an aromatic ring is 1. The molecule has 94 valence electrons. The summed E-state index contributed by atoms with van der Waals surface area (Å²) in [7, 11) is -2.85. The highest BCUT2D eigenvalue weighted by molar-refractivity contribution is 7.91. The van der Waals surface area contributed by atoms with Gasteiger partial charge in [-0.2, -0.15) is 0 Å². The summed E-state index contributed by atoms with van der Waals surface area (Å²) < 4.78 is 22.9. The molecule has 0 aromatic carbocycles. The Morgan fingerprint density at radius 1 is 1.24 bits per heavy atom. The first-order chi connectivity index (χ1) is 8.05. The van der Waals surface area contributed by atoms with Gasteiger partial charge in [-0.25, -0.2) is 13.4 Å². The maximum atomic E-state index is 11.4. The molecule has 1 aromatic rings. The Morgan fingerprint density at radius 3 is 2.76 bits per heavy atom. The van der Waals surface area contributed by atoms with Crippen molar-refractivity contribution in [3.63, 3.8) is 0 Å². The highest BCUT2D eigenvalue weighted by Crippen LogP contribution is 2.08. The molecule has 1 fully saturated rings. The van der Waals surface area contributed by atoms with Crippen LogP contribution in [0.4, 0.5) is 5.82 Å². The van der Waals surface area contributed by atoms with Gasteiger partial charge in [0, 0.05) is 13.1 Å². The Bertz CT molecular complexity index is 472. The van der Waals surface area contributed by atoms with Gasteiger partial charge in [-0.05, 0) is 13.0 Å². The Labute approximate surface area is 101 Å². The zero-order valence-electron chi connectivity index (χ0n) is 9.54. The molecular weight excluding hydrogens is 240 g/mol.